The van der Waals surface area contributed by atoms with E-state index in [1.54, 1.807) is 6.26 Å². The molecule has 2 heterocycles. The monoisotopic (exact) mass is 424 g/mol. The zero-order chi connectivity index (χ0) is 21.5. The van der Waals surface area contributed by atoms with E-state index in [-0.39, 0.29) is 12.1 Å². The molecule has 1 aromatic carbocycles. The van der Waals surface area contributed by atoms with Crippen LogP contribution in [0.5, 0.6) is 0 Å². The van der Waals surface area contributed by atoms with E-state index in [1.807, 2.05) is 30.3 Å². The quantitative estimate of drug-likeness (QED) is 0.626. The number of urea groups is 1. The molecule has 168 valence electrons. The molecule has 2 amide bonds. The first kappa shape index (κ1) is 21.9. The van der Waals surface area contributed by atoms with Gasteiger partial charge in [-0.25, -0.2) is 4.79 Å². The largest absolute Gasteiger partial charge is 0.468 e. The van der Waals surface area contributed by atoms with E-state index in [0.29, 0.717) is 12.6 Å². The number of hydrogen-bond acceptors (Lipinski definition) is 4. The summed E-state index contributed by atoms with van der Waals surface area (Å²) < 4.78 is 5.66. The minimum atomic E-state index is -0.163. The van der Waals surface area contributed by atoms with E-state index >= 15 is 0 Å². The van der Waals surface area contributed by atoms with Crippen molar-refractivity contribution in [2.75, 3.05) is 32.0 Å². The first-order valence-electron chi connectivity index (χ1n) is 11.8. The second-order valence-corrected chi connectivity index (χ2v) is 8.97. The summed E-state index contributed by atoms with van der Waals surface area (Å²) in [4.78, 5) is 17.6. The molecule has 1 aliphatic heterocycles. The first-order valence-corrected chi connectivity index (χ1v) is 11.8. The van der Waals surface area contributed by atoms with Crippen LogP contribution in [0, 0.1) is 0 Å². The molecule has 1 unspecified atom stereocenters. The van der Waals surface area contributed by atoms with Gasteiger partial charge in [-0.05, 0) is 69.6 Å². The number of nitrogens with one attached hydrogen (secondary N) is 2. The van der Waals surface area contributed by atoms with Gasteiger partial charge in [-0.15, -0.1) is 0 Å². The molecule has 1 saturated heterocycles. The SMILES string of the molecule is CN(Cc1ccccc1NC(=O)NCC(c1ccco1)N1CCCC1)C1CCCCC1. The van der Waals surface area contributed by atoms with Gasteiger partial charge in [0, 0.05) is 24.8 Å². The van der Waals surface area contributed by atoms with Crippen LogP contribution in [0.2, 0.25) is 0 Å². The molecule has 2 fully saturated rings. The van der Waals surface area contributed by atoms with Crippen LogP contribution in [0.4, 0.5) is 10.5 Å². The molecule has 0 bridgehead atoms. The lowest BCUT2D eigenvalue weighted by Crippen LogP contribution is -2.38. The van der Waals surface area contributed by atoms with Gasteiger partial charge in [-0.3, -0.25) is 9.80 Å². The van der Waals surface area contributed by atoms with Gasteiger partial charge in [-0.2, -0.15) is 0 Å². The number of para-hydroxylation sites is 1. The highest BCUT2D eigenvalue weighted by atomic mass is 16.3. The predicted molar refractivity (Wildman–Crippen MR) is 124 cm³/mol. The fourth-order valence-corrected chi connectivity index (χ4v) is 5.00. The summed E-state index contributed by atoms with van der Waals surface area (Å²) in [5.74, 6) is 0.914. The van der Waals surface area contributed by atoms with Gasteiger partial charge in [0.15, 0.2) is 0 Å². The molecule has 2 aromatic rings. The lowest BCUT2D eigenvalue weighted by atomic mass is 9.94. The maximum Gasteiger partial charge on any atom is 0.319 e. The normalized spacial score (nSPS) is 18.9. The highest BCUT2D eigenvalue weighted by Gasteiger charge is 2.26. The number of carbonyl (C=O) groups excluding carboxylic acids is 1. The predicted octanol–water partition coefficient (Wildman–Crippen LogP) is 5.00. The Bertz CT molecular complexity index is 811. The number of rotatable bonds is 8. The first-order chi connectivity index (χ1) is 15.2. The van der Waals surface area contributed by atoms with Crippen LogP contribution in [0.15, 0.2) is 47.1 Å². The Balaban J connectivity index is 1.35. The third kappa shape index (κ3) is 5.89. The van der Waals surface area contributed by atoms with E-state index in [4.69, 9.17) is 4.42 Å². The van der Waals surface area contributed by atoms with E-state index < -0.39 is 0 Å². The summed E-state index contributed by atoms with van der Waals surface area (Å²) >= 11 is 0. The van der Waals surface area contributed by atoms with Crippen molar-refractivity contribution >= 4 is 11.7 Å². The van der Waals surface area contributed by atoms with Crippen molar-refractivity contribution in [3.63, 3.8) is 0 Å². The molecule has 1 aromatic heterocycles. The van der Waals surface area contributed by atoms with Gasteiger partial charge >= 0.3 is 6.03 Å². The van der Waals surface area contributed by atoms with E-state index in [9.17, 15) is 4.79 Å². The summed E-state index contributed by atoms with van der Waals surface area (Å²) in [5, 5.41) is 6.16. The number of anilines is 1. The minimum Gasteiger partial charge on any atom is -0.468 e. The van der Waals surface area contributed by atoms with Crippen molar-refractivity contribution in [2.45, 2.75) is 63.6 Å². The van der Waals surface area contributed by atoms with E-state index in [0.717, 1.165) is 36.6 Å². The highest BCUT2D eigenvalue weighted by Crippen LogP contribution is 2.26. The van der Waals surface area contributed by atoms with Crippen LogP contribution in [0.25, 0.3) is 0 Å². The molecule has 1 atom stereocenters. The van der Waals surface area contributed by atoms with Crippen LogP contribution in [-0.4, -0.2) is 48.6 Å². The zero-order valence-corrected chi connectivity index (χ0v) is 18.7. The van der Waals surface area contributed by atoms with Crippen LogP contribution in [0.3, 0.4) is 0 Å². The van der Waals surface area contributed by atoms with Crippen molar-refractivity contribution < 1.29 is 9.21 Å². The van der Waals surface area contributed by atoms with Crippen molar-refractivity contribution in [3.05, 3.63) is 54.0 Å². The Morgan fingerprint density at radius 1 is 1.10 bits per heavy atom. The van der Waals surface area contributed by atoms with Crippen molar-refractivity contribution in [1.29, 1.82) is 0 Å². The average molecular weight is 425 g/mol. The molecular formula is C25H36N4O2. The van der Waals surface area contributed by atoms with Gasteiger partial charge in [0.05, 0.1) is 12.3 Å². The van der Waals surface area contributed by atoms with Crippen molar-refractivity contribution in [3.8, 4) is 0 Å². The third-order valence-electron chi connectivity index (χ3n) is 6.79. The standard InChI is InChI=1S/C25H36N4O2/c1-28(21-11-3-2-4-12-21)19-20-10-5-6-13-22(20)27-25(30)26-18-23(24-14-9-17-31-24)29-15-7-8-16-29/h5-6,9-10,13-14,17,21,23H,2-4,7-8,11-12,15-16,18-19H2,1H3,(H2,26,27,30). The van der Waals surface area contributed by atoms with Gasteiger partial charge in [-0.1, -0.05) is 37.5 Å². The summed E-state index contributed by atoms with van der Waals surface area (Å²) in [6.45, 7) is 3.48. The maximum atomic E-state index is 12.8. The van der Waals surface area contributed by atoms with Gasteiger partial charge in [0.1, 0.15) is 5.76 Å². The molecule has 0 radical (unpaired) electrons. The van der Waals surface area contributed by atoms with Gasteiger partial charge in [0.25, 0.3) is 0 Å². The Hall–Kier alpha value is -2.31. The summed E-state index contributed by atoms with van der Waals surface area (Å²) in [6, 6.07) is 12.6. The number of furan rings is 1. The molecule has 6 heteroatoms. The Morgan fingerprint density at radius 2 is 1.87 bits per heavy atom. The smallest absolute Gasteiger partial charge is 0.319 e. The molecule has 31 heavy (non-hydrogen) atoms. The highest BCUT2D eigenvalue weighted by molar-refractivity contribution is 5.90. The zero-order valence-electron chi connectivity index (χ0n) is 18.7. The third-order valence-corrected chi connectivity index (χ3v) is 6.79. The lowest BCUT2D eigenvalue weighted by Gasteiger charge is -2.31. The van der Waals surface area contributed by atoms with E-state index in [2.05, 4.69) is 33.5 Å². The number of likely N-dealkylation sites (tertiary alicyclic amines) is 1. The Kier molecular flexibility index (Phi) is 7.65. The Labute approximate surface area is 186 Å². The maximum absolute atomic E-state index is 12.8. The molecular weight excluding hydrogens is 388 g/mol. The molecule has 2 aliphatic rings. The molecule has 0 spiro atoms. The molecule has 1 aliphatic carbocycles. The fourth-order valence-electron chi connectivity index (χ4n) is 5.00. The number of benzene rings is 1. The number of carbonyl (C=O) groups is 1. The van der Waals surface area contributed by atoms with Crippen molar-refractivity contribution in [1.82, 2.24) is 15.1 Å². The summed E-state index contributed by atoms with van der Waals surface area (Å²) in [7, 11) is 2.21. The molecule has 1 saturated carbocycles. The Morgan fingerprint density at radius 3 is 2.61 bits per heavy atom. The second-order valence-electron chi connectivity index (χ2n) is 8.97. The molecule has 4 rings (SSSR count). The van der Waals surface area contributed by atoms with E-state index in [1.165, 1.54) is 44.9 Å². The number of hydrogen-bond donors (Lipinski definition) is 2. The topological polar surface area (TPSA) is 60.8 Å². The van der Waals surface area contributed by atoms with Crippen LogP contribution < -0.4 is 10.6 Å². The van der Waals surface area contributed by atoms with Crippen LogP contribution in [0.1, 0.15) is 62.3 Å². The minimum absolute atomic E-state index is 0.0796. The number of nitrogens with zero attached hydrogens (tertiary/aromatic N) is 2. The van der Waals surface area contributed by atoms with Gasteiger partial charge < -0.3 is 15.1 Å². The molecule has 6 nitrogen and oxygen atoms in total. The van der Waals surface area contributed by atoms with Crippen molar-refractivity contribution in [2.24, 2.45) is 0 Å². The van der Waals surface area contributed by atoms with Crippen LogP contribution in [-0.2, 0) is 6.54 Å². The second kappa shape index (κ2) is 10.8. The fraction of sp³-hybridized carbons (Fsp3) is 0.560. The molecule has 2 N–H and O–H groups in total. The average Bonchev–Trinajstić information content (AvgIpc) is 3.51. The lowest BCUT2D eigenvalue weighted by molar-refractivity contribution is 0.185. The summed E-state index contributed by atoms with van der Waals surface area (Å²) in [6.07, 6.45) is 10.7. The summed E-state index contributed by atoms with van der Waals surface area (Å²) in [5.41, 5.74) is 2.05. The van der Waals surface area contributed by atoms with Gasteiger partial charge in [0.2, 0.25) is 0 Å². The van der Waals surface area contributed by atoms with Crippen LogP contribution >= 0.6 is 0 Å². The number of amides is 2.